The maximum atomic E-state index is 13.8. The van der Waals surface area contributed by atoms with Gasteiger partial charge in [-0.2, -0.15) is 0 Å². The molecule has 3 aromatic rings. The minimum Gasteiger partial charge on any atom is -0.242 e. The van der Waals surface area contributed by atoms with Crippen LogP contribution in [0.25, 0.3) is 0 Å². The monoisotopic (exact) mass is 605 g/mol. The summed E-state index contributed by atoms with van der Waals surface area (Å²) in [5, 5.41) is 4.39. The Kier molecular flexibility index (Phi) is 11.3. The highest BCUT2D eigenvalue weighted by Crippen LogP contribution is 2.56. The van der Waals surface area contributed by atoms with Gasteiger partial charge in [0.2, 0.25) is 0 Å². The highest BCUT2D eigenvalue weighted by atomic mass is 32.2. The number of rotatable bonds is 10. The van der Waals surface area contributed by atoms with Crippen molar-refractivity contribution in [2.24, 2.45) is 0 Å². The SMILES string of the molecule is CC(C)(C)S(=O)N[C@H](CP(c1ccccc1)c1ccccc1)c1ccccc1P(C1CCCCC1)C1CCCCC1. The van der Waals surface area contributed by atoms with E-state index in [1.165, 1.54) is 80.4 Å². The highest BCUT2D eigenvalue weighted by Gasteiger charge is 2.36. The first-order chi connectivity index (χ1) is 19.9. The first-order valence-electron chi connectivity index (χ1n) is 15.8. The zero-order chi connectivity index (χ0) is 28.7. The van der Waals surface area contributed by atoms with Crippen molar-refractivity contribution in [3.63, 3.8) is 0 Å². The maximum absolute atomic E-state index is 13.8. The second-order valence-electron chi connectivity index (χ2n) is 12.9. The minimum atomic E-state index is -1.16. The van der Waals surface area contributed by atoms with Gasteiger partial charge >= 0.3 is 0 Å². The predicted molar refractivity (Wildman–Crippen MR) is 184 cm³/mol. The van der Waals surface area contributed by atoms with Crippen LogP contribution in [0.2, 0.25) is 0 Å². The Morgan fingerprint density at radius 3 is 1.66 bits per heavy atom. The summed E-state index contributed by atoms with van der Waals surface area (Å²) >= 11 is 0. The molecule has 0 amide bonds. The van der Waals surface area contributed by atoms with E-state index in [2.05, 4.69) is 110 Å². The summed E-state index contributed by atoms with van der Waals surface area (Å²) in [4.78, 5) is 0. The van der Waals surface area contributed by atoms with E-state index >= 15 is 0 Å². The van der Waals surface area contributed by atoms with Crippen molar-refractivity contribution < 1.29 is 4.21 Å². The van der Waals surface area contributed by atoms with Gasteiger partial charge in [-0.05, 0) is 93.3 Å². The average molecular weight is 606 g/mol. The van der Waals surface area contributed by atoms with Gasteiger partial charge in [-0.3, -0.25) is 0 Å². The molecule has 2 atom stereocenters. The van der Waals surface area contributed by atoms with Gasteiger partial charge in [0.25, 0.3) is 0 Å². The Balaban J connectivity index is 1.59. The molecule has 0 aromatic heterocycles. The van der Waals surface area contributed by atoms with Gasteiger partial charge in [-0.25, -0.2) is 8.93 Å². The van der Waals surface area contributed by atoms with Gasteiger partial charge in [0.15, 0.2) is 0 Å². The standard InChI is InChI=1S/C36H49NOP2S/c1-36(2,3)41(38)37-34(28-39(29-18-8-4-9-19-29)30-20-10-5-11-21-30)33-26-16-17-27-35(33)40(31-22-12-6-13-23-31)32-24-14-7-15-25-32/h4-5,8-11,16-21,26-27,31-32,34,37H,6-7,12-15,22-25,28H2,1-3H3/t34-,41?/m1/s1. The van der Waals surface area contributed by atoms with Crippen LogP contribution < -0.4 is 20.6 Å². The molecule has 0 spiro atoms. The van der Waals surface area contributed by atoms with Gasteiger partial charge in [0, 0.05) is 6.04 Å². The lowest BCUT2D eigenvalue weighted by molar-refractivity contribution is 0.487. The van der Waals surface area contributed by atoms with Crippen molar-refractivity contribution in [1.82, 2.24) is 4.72 Å². The van der Waals surface area contributed by atoms with Gasteiger partial charge in [-0.1, -0.05) is 131 Å². The van der Waals surface area contributed by atoms with E-state index in [1.54, 1.807) is 5.30 Å². The van der Waals surface area contributed by atoms with Crippen molar-refractivity contribution >= 4 is 42.7 Å². The second-order valence-corrected chi connectivity index (χ2v) is 19.9. The average Bonchev–Trinajstić information content (AvgIpc) is 3.01. The summed E-state index contributed by atoms with van der Waals surface area (Å²) in [5.74, 6) is 0. The van der Waals surface area contributed by atoms with Gasteiger partial charge in [0.1, 0.15) is 0 Å². The quantitative estimate of drug-likeness (QED) is 0.230. The summed E-state index contributed by atoms with van der Waals surface area (Å²) < 4.78 is 17.2. The first-order valence-corrected chi connectivity index (χ1v) is 20.0. The molecule has 0 bridgehead atoms. The normalized spacial score (nSPS) is 19.0. The van der Waals surface area contributed by atoms with Crippen LogP contribution in [0.15, 0.2) is 84.9 Å². The maximum Gasteiger partial charge on any atom is 0.0976 e. The minimum absolute atomic E-state index is 0.0370. The molecule has 0 saturated heterocycles. The molecule has 0 aliphatic heterocycles. The third kappa shape index (κ3) is 8.17. The Morgan fingerprint density at radius 2 is 1.17 bits per heavy atom. The zero-order valence-corrected chi connectivity index (χ0v) is 27.9. The van der Waals surface area contributed by atoms with E-state index < -0.39 is 18.9 Å². The van der Waals surface area contributed by atoms with Gasteiger partial charge in [-0.15, -0.1) is 0 Å². The Morgan fingerprint density at radius 1 is 0.707 bits per heavy atom. The fourth-order valence-electron chi connectivity index (χ4n) is 6.69. The topological polar surface area (TPSA) is 29.1 Å². The van der Waals surface area contributed by atoms with E-state index in [-0.39, 0.29) is 18.7 Å². The number of nitrogens with one attached hydrogen (secondary N) is 1. The van der Waals surface area contributed by atoms with Crippen LogP contribution in [0.1, 0.15) is 96.6 Å². The molecule has 0 heterocycles. The van der Waals surface area contributed by atoms with Crippen molar-refractivity contribution in [2.75, 3.05) is 6.16 Å². The summed E-state index contributed by atoms with van der Waals surface area (Å²) in [6.07, 6.45) is 14.9. The lowest BCUT2D eigenvalue weighted by atomic mass is 9.99. The van der Waals surface area contributed by atoms with Crippen LogP contribution in [0.3, 0.4) is 0 Å². The molecule has 5 rings (SSSR count). The molecule has 1 N–H and O–H groups in total. The lowest BCUT2D eigenvalue weighted by Crippen LogP contribution is -2.39. The number of benzene rings is 3. The third-order valence-corrected chi connectivity index (χ3v) is 16.6. The molecule has 2 fully saturated rings. The highest BCUT2D eigenvalue weighted by molar-refractivity contribution is 7.84. The smallest absolute Gasteiger partial charge is 0.0976 e. The summed E-state index contributed by atoms with van der Waals surface area (Å²) in [6.45, 7) is 6.27. The van der Waals surface area contributed by atoms with Crippen LogP contribution >= 0.6 is 15.8 Å². The summed E-state index contributed by atoms with van der Waals surface area (Å²) in [5.41, 5.74) is 3.09. The first kappa shape index (κ1) is 31.1. The van der Waals surface area contributed by atoms with Crippen molar-refractivity contribution in [3.05, 3.63) is 90.5 Å². The summed E-state index contributed by atoms with van der Waals surface area (Å²) in [7, 11) is -2.05. The molecule has 1 unspecified atom stereocenters. The lowest BCUT2D eigenvalue weighted by Gasteiger charge is -2.40. The fraction of sp³-hybridized carbons (Fsp3) is 0.500. The van der Waals surface area contributed by atoms with Crippen molar-refractivity contribution in [1.29, 1.82) is 0 Å². The zero-order valence-electron chi connectivity index (χ0n) is 25.3. The van der Waals surface area contributed by atoms with Crippen LogP contribution in [-0.2, 0) is 11.0 Å². The van der Waals surface area contributed by atoms with E-state index in [9.17, 15) is 4.21 Å². The van der Waals surface area contributed by atoms with Gasteiger partial charge in [0.05, 0.1) is 15.7 Å². The molecule has 3 aromatic carbocycles. The van der Waals surface area contributed by atoms with E-state index in [0.717, 1.165) is 17.5 Å². The molecular formula is C36H49NOP2S. The molecule has 2 nitrogen and oxygen atoms in total. The third-order valence-electron chi connectivity index (χ3n) is 8.83. The Labute approximate surface area is 254 Å². The van der Waals surface area contributed by atoms with Crippen molar-refractivity contribution in [3.8, 4) is 0 Å². The molecule has 2 saturated carbocycles. The summed E-state index contributed by atoms with van der Waals surface area (Å²) in [6, 6.07) is 31.5. The van der Waals surface area contributed by atoms with Crippen LogP contribution in [0, 0.1) is 0 Å². The fourth-order valence-corrected chi connectivity index (χ4v) is 14.1. The predicted octanol–water partition coefficient (Wildman–Crippen LogP) is 8.69. The number of hydrogen-bond donors (Lipinski definition) is 1. The van der Waals surface area contributed by atoms with Gasteiger partial charge < -0.3 is 0 Å². The van der Waals surface area contributed by atoms with Crippen LogP contribution in [-0.4, -0.2) is 26.4 Å². The van der Waals surface area contributed by atoms with E-state index in [4.69, 9.17) is 0 Å². The molecule has 5 heteroatoms. The number of hydrogen-bond acceptors (Lipinski definition) is 1. The van der Waals surface area contributed by atoms with E-state index in [1.807, 2.05) is 0 Å². The molecule has 2 aliphatic carbocycles. The largest absolute Gasteiger partial charge is 0.242 e. The second kappa shape index (κ2) is 14.9. The molecule has 220 valence electrons. The van der Waals surface area contributed by atoms with E-state index in [0.29, 0.717) is 0 Å². The van der Waals surface area contributed by atoms with Crippen LogP contribution in [0.5, 0.6) is 0 Å². The molecule has 0 radical (unpaired) electrons. The molecule has 2 aliphatic rings. The molecule has 41 heavy (non-hydrogen) atoms. The van der Waals surface area contributed by atoms with Crippen LogP contribution in [0.4, 0.5) is 0 Å². The molecular weight excluding hydrogens is 556 g/mol. The van der Waals surface area contributed by atoms with Crippen molar-refractivity contribution in [2.45, 2.75) is 107 Å². The Hall–Kier alpha value is -1.37. The Bertz CT molecular complexity index is 1180.